The minimum Gasteiger partial charge on any atom is -0.388 e. The molecule has 0 heterocycles. The first-order valence-corrected chi connectivity index (χ1v) is 5.25. The van der Waals surface area contributed by atoms with E-state index in [0.29, 0.717) is 11.0 Å². The number of rotatable bonds is 4. The maximum atomic E-state index is 9.41. The van der Waals surface area contributed by atoms with Gasteiger partial charge in [-0.15, -0.1) is 0 Å². The summed E-state index contributed by atoms with van der Waals surface area (Å²) in [5.74, 6) is 0. The number of quaternary nitrogens is 1. The van der Waals surface area contributed by atoms with Crippen LogP contribution in [-0.4, -0.2) is 36.3 Å². The topological polar surface area (TPSA) is 46.2 Å². The van der Waals surface area contributed by atoms with Gasteiger partial charge in [0.05, 0.1) is 14.1 Å². The van der Waals surface area contributed by atoms with Crippen LogP contribution in [-0.2, 0) is 0 Å². The lowest BCUT2D eigenvalue weighted by Gasteiger charge is -2.36. The van der Waals surface area contributed by atoms with Crippen molar-refractivity contribution in [3.63, 3.8) is 0 Å². The highest BCUT2D eigenvalue weighted by Crippen LogP contribution is 2.19. The van der Waals surface area contributed by atoms with E-state index in [9.17, 15) is 5.11 Å². The number of nitrogens with zero attached hydrogens (tertiary/aromatic N) is 1. The van der Waals surface area contributed by atoms with Gasteiger partial charge in [-0.2, -0.15) is 0 Å². The van der Waals surface area contributed by atoms with Crippen molar-refractivity contribution >= 4 is 0 Å². The molecule has 3 nitrogen and oxygen atoms in total. The molecule has 0 saturated heterocycles. The third-order valence-corrected chi connectivity index (χ3v) is 2.63. The average molecular weight is 209 g/mol. The summed E-state index contributed by atoms with van der Waals surface area (Å²) in [6.45, 7) is 2.44. The molecule has 0 aliphatic carbocycles. The second kappa shape index (κ2) is 4.75. The molecule has 0 aliphatic rings. The van der Waals surface area contributed by atoms with Gasteiger partial charge < -0.3 is 9.59 Å². The summed E-state index contributed by atoms with van der Waals surface area (Å²) in [4.78, 5) is 0. The Bertz CT molecular complexity index is 296. The first kappa shape index (κ1) is 12.2. The molecule has 0 aromatic heterocycles. The SMILES string of the molecule is CC(O)C[N+](C)(C)C(N)c1ccccc1. The molecule has 0 aliphatic heterocycles. The number of aliphatic hydroxyl groups excluding tert-OH is 1. The van der Waals surface area contributed by atoms with E-state index in [2.05, 4.69) is 0 Å². The van der Waals surface area contributed by atoms with Gasteiger partial charge in [-0.05, 0) is 6.92 Å². The van der Waals surface area contributed by atoms with Crippen molar-refractivity contribution in [3.05, 3.63) is 35.9 Å². The van der Waals surface area contributed by atoms with Crippen molar-refractivity contribution < 1.29 is 9.59 Å². The molecule has 15 heavy (non-hydrogen) atoms. The van der Waals surface area contributed by atoms with Crippen LogP contribution in [0.3, 0.4) is 0 Å². The summed E-state index contributed by atoms with van der Waals surface area (Å²) in [6.07, 6.45) is -0.435. The smallest absolute Gasteiger partial charge is 0.166 e. The fraction of sp³-hybridized carbons (Fsp3) is 0.500. The molecule has 1 rings (SSSR count). The van der Waals surface area contributed by atoms with Gasteiger partial charge in [0.15, 0.2) is 6.17 Å². The molecule has 3 heteroatoms. The van der Waals surface area contributed by atoms with Crippen molar-refractivity contribution in [2.45, 2.75) is 19.2 Å². The lowest BCUT2D eigenvalue weighted by Crippen LogP contribution is -2.50. The Morgan fingerprint density at radius 3 is 2.27 bits per heavy atom. The highest BCUT2D eigenvalue weighted by molar-refractivity contribution is 5.16. The molecule has 2 unspecified atom stereocenters. The molecule has 0 radical (unpaired) electrons. The van der Waals surface area contributed by atoms with Crippen LogP contribution in [0.2, 0.25) is 0 Å². The number of likely N-dealkylation sites (N-methyl/N-ethyl adjacent to an activating group) is 1. The maximum Gasteiger partial charge on any atom is 0.166 e. The second-order valence-corrected chi connectivity index (χ2v) is 4.67. The van der Waals surface area contributed by atoms with Crippen LogP contribution in [0.4, 0.5) is 0 Å². The number of aliphatic hydroxyl groups is 1. The lowest BCUT2D eigenvalue weighted by molar-refractivity contribution is -0.923. The number of hydrogen-bond donors (Lipinski definition) is 2. The van der Waals surface area contributed by atoms with E-state index in [1.165, 1.54) is 0 Å². The van der Waals surface area contributed by atoms with Crippen LogP contribution >= 0.6 is 0 Å². The van der Waals surface area contributed by atoms with Gasteiger partial charge in [0.2, 0.25) is 0 Å². The zero-order chi connectivity index (χ0) is 11.5. The molecule has 84 valence electrons. The maximum absolute atomic E-state index is 9.41. The van der Waals surface area contributed by atoms with Gasteiger partial charge >= 0.3 is 0 Å². The number of nitrogens with two attached hydrogens (primary N) is 1. The molecule has 2 atom stereocenters. The Balaban J connectivity index is 2.79. The van der Waals surface area contributed by atoms with E-state index in [4.69, 9.17) is 5.73 Å². The van der Waals surface area contributed by atoms with Crippen molar-refractivity contribution in [2.24, 2.45) is 5.73 Å². The van der Waals surface area contributed by atoms with E-state index in [1.54, 1.807) is 6.92 Å². The largest absolute Gasteiger partial charge is 0.388 e. The predicted molar refractivity (Wildman–Crippen MR) is 62.0 cm³/mol. The van der Waals surface area contributed by atoms with Crippen molar-refractivity contribution in [2.75, 3.05) is 20.6 Å². The fourth-order valence-electron chi connectivity index (χ4n) is 1.85. The molecule has 0 saturated carbocycles. The normalized spacial score (nSPS) is 16.1. The van der Waals surface area contributed by atoms with Gasteiger partial charge in [0.25, 0.3) is 0 Å². The van der Waals surface area contributed by atoms with Gasteiger partial charge in [-0.25, -0.2) is 0 Å². The number of benzene rings is 1. The molecule has 1 aromatic rings. The molecule has 0 bridgehead atoms. The van der Waals surface area contributed by atoms with Crippen LogP contribution in [0.25, 0.3) is 0 Å². The molecule has 3 N–H and O–H groups in total. The monoisotopic (exact) mass is 209 g/mol. The highest BCUT2D eigenvalue weighted by atomic mass is 16.3. The lowest BCUT2D eigenvalue weighted by atomic mass is 10.1. The van der Waals surface area contributed by atoms with E-state index in [1.807, 2.05) is 44.4 Å². The predicted octanol–water partition coefficient (Wildman–Crippen LogP) is 1.10. The summed E-state index contributed by atoms with van der Waals surface area (Å²) in [5.41, 5.74) is 7.28. The Morgan fingerprint density at radius 1 is 1.27 bits per heavy atom. The summed E-state index contributed by atoms with van der Waals surface area (Å²) in [6, 6.07) is 9.99. The van der Waals surface area contributed by atoms with Crippen molar-refractivity contribution in [1.82, 2.24) is 0 Å². The van der Waals surface area contributed by atoms with Crippen LogP contribution in [0.5, 0.6) is 0 Å². The second-order valence-electron chi connectivity index (χ2n) is 4.67. The Labute approximate surface area is 91.7 Å². The third kappa shape index (κ3) is 3.30. The molecule has 0 amide bonds. The molecule has 1 aromatic carbocycles. The van der Waals surface area contributed by atoms with E-state index in [0.717, 1.165) is 5.56 Å². The zero-order valence-electron chi connectivity index (χ0n) is 9.72. The fourth-order valence-corrected chi connectivity index (χ4v) is 1.85. The van der Waals surface area contributed by atoms with E-state index < -0.39 is 0 Å². The first-order chi connectivity index (χ1) is 6.93. The minimum atomic E-state index is -0.338. The van der Waals surface area contributed by atoms with Crippen LogP contribution in [0, 0.1) is 0 Å². The summed E-state index contributed by atoms with van der Waals surface area (Å²) in [7, 11) is 4.06. The zero-order valence-corrected chi connectivity index (χ0v) is 9.72. The molecular weight excluding hydrogens is 188 g/mol. The third-order valence-electron chi connectivity index (χ3n) is 2.63. The quantitative estimate of drug-likeness (QED) is 0.576. The van der Waals surface area contributed by atoms with E-state index >= 15 is 0 Å². The Hall–Kier alpha value is -0.900. The van der Waals surface area contributed by atoms with Crippen molar-refractivity contribution in [3.8, 4) is 0 Å². The Morgan fingerprint density at radius 2 is 1.80 bits per heavy atom. The standard InChI is InChI=1S/C12H21N2O/c1-10(15)9-14(2,3)12(13)11-7-5-4-6-8-11/h4-8,10,12,15H,9,13H2,1-3H3/q+1. The first-order valence-electron chi connectivity index (χ1n) is 5.25. The van der Waals surface area contributed by atoms with Crippen LogP contribution in [0.15, 0.2) is 30.3 Å². The number of hydrogen-bond acceptors (Lipinski definition) is 2. The van der Waals surface area contributed by atoms with Crippen molar-refractivity contribution in [1.29, 1.82) is 0 Å². The Kier molecular flexibility index (Phi) is 3.85. The highest BCUT2D eigenvalue weighted by Gasteiger charge is 2.27. The molecular formula is C12H21N2O+. The average Bonchev–Trinajstić information content (AvgIpc) is 2.16. The van der Waals surface area contributed by atoms with Crippen LogP contribution < -0.4 is 5.73 Å². The van der Waals surface area contributed by atoms with Gasteiger partial charge in [-0.1, -0.05) is 30.3 Å². The van der Waals surface area contributed by atoms with Crippen LogP contribution in [0.1, 0.15) is 18.7 Å². The van der Waals surface area contributed by atoms with Gasteiger partial charge in [0, 0.05) is 5.56 Å². The minimum absolute atomic E-state index is 0.0965. The summed E-state index contributed by atoms with van der Waals surface area (Å²) >= 11 is 0. The summed E-state index contributed by atoms with van der Waals surface area (Å²) in [5, 5.41) is 9.41. The molecule has 0 fully saturated rings. The van der Waals surface area contributed by atoms with Gasteiger partial charge in [-0.3, -0.25) is 5.73 Å². The summed E-state index contributed by atoms with van der Waals surface area (Å²) < 4.78 is 0.585. The van der Waals surface area contributed by atoms with Gasteiger partial charge in [0.1, 0.15) is 12.6 Å². The molecule has 0 spiro atoms. The van der Waals surface area contributed by atoms with E-state index in [-0.39, 0.29) is 12.3 Å².